The summed E-state index contributed by atoms with van der Waals surface area (Å²) in [7, 11) is 1.45. The van der Waals surface area contributed by atoms with Crippen molar-refractivity contribution in [2.75, 3.05) is 12.4 Å². The van der Waals surface area contributed by atoms with Crippen LogP contribution in [0.15, 0.2) is 30.7 Å². The number of amides is 1. The van der Waals surface area contributed by atoms with Crippen molar-refractivity contribution in [2.24, 2.45) is 0 Å². The second-order valence-electron chi connectivity index (χ2n) is 3.51. The monoisotopic (exact) mass is 297 g/mol. The minimum atomic E-state index is -0.426. The molecule has 5 nitrogen and oxygen atoms in total. The Morgan fingerprint density at radius 2 is 2.11 bits per heavy atom. The van der Waals surface area contributed by atoms with Gasteiger partial charge in [0, 0.05) is 17.4 Å². The minimum Gasteiger partial charge on any atom is -0.493 e. The summed E-state index contributed by atoms with van der Waals surface area (Å²) in [4.78, 5) is 19.7. The van der Waals surface area contributed by atoms with E-state index in [4.69, 9.17) is 27.9 Å². The molecular weight excluding hydrogens is 289 g/mol. The highest BCUT2D eigenvalue weighted by Crippen LogP contribution is 2.36. The van der Waals surface area contributed by atoms with Gasteiger partial charge in [-0.25, -0.2) is 4.98 Å². The van der Waals surface area contributed by atoms with Gasteiger partial charge in [0.25, 0.3) is 5.91 Å². The van der Waals surface area contributed by atoms with E-state index in [1.807, 2.05) is 0 Å². The van der Waals surface area contributed by atoms with Gasteiger partial charge in [-0.2, -0.15) is 0 Å². The van der Waals surface area contributed by atoms with Crippen LogP contribution in [0, 0.1) is 0 Å². The summed E-state index contributed by atoms with van der Waals surface area (Å²) in [6.07, 6.45) is 4.26. The summed E-state index contributed by atoms with van der Waals surface area (Å²) in [5.41, 5.74) is 0.552. The molecule has 19 heavy (non-hydrogen) atoms. The van der Waals surface area contributed by atoms with Gasteiger partial charge in [0.1, 0.15) is 5.69 Å². The fraction of sp³-hybridized carbons (Fsp3) is 0.0833. The predicted octanol–water partition coefficient (Wildman–Crippen LogP) is 3.04. The predicted molar refractivity (Wildman–Crippen MR) is 73.0 cm³/mol. The summed E-state index contributed by atoms with van der Waals surface area (Å²) in [6, 6.07) is 3.07. The van der Waals surface area contributed by atoms with Crippen LogP contribution in [-0.4, -0.2) is 23.0 Å². The van der Waals surface area contributed by atoms with Crippen molar-refractivity contribution in [3.05, 3.63) is 46.5 Å². The molecule has 0 aliphatic carbocycles. The number of anilines is 1. The molecule has 0 fully saturated rings. The van der Waals surface area contributed by atoms with E-state index >= 15 is 0 Å². The second-order valence-corrected chi connectivity index (χ2v) is 4.36. The van der Waals surface area contributed by atoms with E-state index in [9.17, 15) is 4.79 Å². The van der Waals surface area contributed by atoms with E-state index in [-0.39, 0.29) is 5.69 Å². The van der Waals surface area contributed by atoms with Crippen molar-refractivity contribution in [3.63, 3.8) is 0 Å². The first-order valence-corrected chi connectivity index (χ1v) is 5.98. The Morgan fingerprint density at radius 3 is 2.74 bits per heavy atom. The van der Waals surface area contributed by atoms with Crippen LogP contribution in [0.1, 0.15) is 10.5 Å². The summed E-state index contributed by atoms with van der Waals surface area (Å²) >= 11 is 11.9. The van der Waals surface area contributed by atoms with Crippen molar-refractivity contribution in [3.8, 4) is 5.75 Å². The molecule has 1 aromatic carbocycles. The van der Waals surface area contributed by atoms with Crippen molar-refractivity contribution >= 4 is 34.8 Å². The lowest BCUT2D eigenvalue weighted by atomic mass is 10.2. The van der Waals surface area contributed by atoms with Crippen molar-refractivity contribution < 1.29 is 9.53 Å². The zero-order chi connectivity index (χ0) is 13.8. The van der Waals surface area contributed by atoms with Gasteiger partial charge in [0.2, 0.25) is 0 Å². The number of carbonyl (C=O) groups is 1. The smallest absolute Gasteiger partial charge is 0.275 e. The number of carbonyl (C=O) groups excluding carboxylic acids is 1. The Labute approximate surface area is 119 Å². The summed E-state index contributed by atoms with van der Waals surface area (Å²) in [5, 5.41) is 3.32. The Kier molecular flexibility index (Phi) is 4.19. The highest BCUT2D eigenvalue weighted by atomic mass is 35.5. The van der Waals surface area contributed by atoms with E-state index in [1.165, 1.54) is 31.8 Å². The van der Waals surface area contributed by atoms with Gasteiger partial charge in [-0.3, -0.25) is 9.78 Å². The standard InChI is InChI=1S/C12H9Cl2N3O2/c1-19-11-8(14)4-7(13)5-9(11)17-12(18)10-6-15-2-3-16-10/h2-6H,1H3,(H,17,18). The SMILES string of the molecule is COc1c(Cl)cc(Cl)cc1NC(=O)c1cnccn1. The molecule has 0 saturated carbocycles. The van der Waals surface area contributed by atoms with E-state index in [2.05, 4.69) is 15.3 Å². The summed E-state index contributed by atoms with van der Waals surface area (Å²) in [5.74, 6) is -0.0898. The molecule has 2 rings (SSSR count). The molecule has 0 aliphatic rings. The normalized spacial score (nSPS) is 10.1. The Morgan fingerprint density at radius 1 is 1.32 bits per heavy atom. The zero-order valence-electron chi connectivity index (χ0n) is 9.85. The number of ether oxygens (including phenoxy) is 1. The van der Waals surface area contributed by atoms with Crippen molar-refractivity contribution in [1.29, 1.82) is 0 Å². The number of rotatable bonds is 3. The van der Waals surface area contributed by atoms with Gasteiger partial charge >= 0.3 is 0 Å². The molecule has 0 spiro atoms. The maximum absolute atomic E-state index is 11.9. The molecule has 0 unspecified atom stereocenters. The van der Waals surface area contributed by atoms with Crippen LogP contribution < -0.4 is 10.1 Å². The van der Waals surface area contributed by atoms with Gasteiger partial charge in [0.05, 0.1) is 24.0 Å². The highest BCUT2D eigenvalue weighted by molar-refractivity contribution is 6.36. The molecule has 2 aromatic rings. The molecule has 1 amide bonds. The number of nitrogens with zero attached hydrogens (tertiary/aromatic N) is 2. The van der Waals surface area contributed by atoms with Crippen LogP contribution in [0.3, 0.4) is 0 Å². The van der Waals surface area contributed by atoms with E-state index < -0.39 is 5.91 Å². The first kappa shape index (κ1) is 13.6. The van der Waals surface area contributed by atoms with Gasteiger partial charge in [-0.05, 0) is 12.1 Å². The van der Waals surface area contributed by atoms with E-state index in [0.29, 0.717) is 21.5 Å². The Hall–Kier alpha value is -1.85. The Balaban J connectivity index is 2.31. The van der Waals surface area contributed by atoms with Gasteiger partial charge in [-0.1, -0.05) is 23.2 Å². The molecule has 98 valence electrons. The first-order valence-electron chi connectivity index (χ1n) is 5.22. The maximum atomic E-state index is 11.9. The molecule has 0 aliphatic heterocycles. The third kappa shape index (κ3) is 3.13. The molecule has 1 aromatic heterocycles. The first-order chi connectivity index (χ1) is 9.11. The second kappa shape index (κ2) is 5.86. The van der Waals surface area contributed by atoms with Crippen LogP contribution in [0.4, 0.5) is 5.69 Å². The van der Waals surface area contributed by atoms with Crippen molar-refractivity contribution in [1.82, 2.24) is 9.97 Å². The number of nitrogens with one attached hydrogen (secondary N) is 1. The number of hydrogen-bond donors (Lipinski definition) is 1. The molecule has 0 radical (unpaired) electrons. The highest BCUT2D eigenvalue weighted by Gasteiger charge is 2.14. The van der Waals surface area contributed by atoms with E-state index in [1.54, 1.807) is 6.07 Å². The fourth-order valence-electron chi connectivity index (χ4n) is 1.46. The largest absolute Gasteiger partial charge is 0.493 e. The molecule has 0 saturated heterocycles. The lowest BCUT2D eigenvalue weighted by Crippen LogP contribution is -2.14. The topological polar surface area (TPSA) is 64.1 Å². The average Bonchev–Trinajstić information content (AvgIpc) is 2.39. The van der Waals surface area contributed by atoms with Crippen LogP contribution in [-0.2, 0) is 0 Å². The third-order valence-corrected chi connectivity index (χ3v) is 2.76. The lowest BCUT2D eigenvalue weighted by Gasteiger charge is -2.11. The Bertz CT molecular complexity index is 605. The average molecular weight is 298 g/mol. The number of halogens is 2. The number of benzene rings is 1. The van der Waals surface area contributed by atoms with Gasteiger partial charge in [-0.15, -0.1) is 0 Å². The molecule has 1 heterocycles. The quantitative estimate of drug-likeness (QED) is 0.946. The van der Waals surface area contributed by atoms with Gasteiger partial charge < -0.3 is 10.1 Å². The van der Waals surface area contributed by atoms with Crippen LogP contribution in [0.25, 0.3) is 0 Å². The van der Waals surface area contributed by atoms with E-state index in [0.717, 1.165) is 0 Å². The van der Waals surface area contributed by atoms with Crippen molar-refractivity contribution in [2.45, 2.75) is 0 Å². The number of methoxy groups -OCH3 is 1. The number of aromatic nitrogens is 2. The lowest BCUT2D eigenvalue weighted by molar-refractivity contribution is 0.102. The van der Waals surface area contributed by atoms with Crippen LogP contribution >= 0.6 is 23.2 Å². The van der Waals surface area contributed by atoms with Crippen LogP contribution in [0.2, 0.25) is 10.0 Å². The minimum absolute atomic E-state index is 0.181. The zero-order valence-corrected chi connectivity index (χ0v) is 11.4. The summed E-state index contributed by atoms with van der Waals surface area (Å²) < 4.78 is 5.13. The van der Waals surface area contributed by atoms with Gasteiger partial charge in [0.15, 0.2) is 5.75 Å². The fourth-order valence-corrected chi connectivity index (χ4v) is 2.03. The third-order valence-electron chi connectivity index (χ3n) is 2.26. The number of hydrogen-bond acceptors (Lipinski definition) is 4. The maximum Gasteiger partial charge on any atom is 0.275 e. The molecule has 0 bridgehead atoms. The van der Waals surface area contributed by atoms with Crippen LogP contribution in [0.5, 0.6) is 5.75 Å². The molecular formula is C12H9Cl2N3O2. The molecule has 0 atom stereocenters. The molecule has 1 N–H and O–H groups in total. The summed E-state index contributed by atoms with van der Waals surface area (Å²) in [6.45, 7) is 0. The molecule has 7 heteroatoms.